The number of sulfonamides is 1. The number of rotatable bonds is 6. The maximum atomic E-state index is 11.3. The molecule has 0 saturated carbocycles. The van der Waals surface area contributed by atoms with Gasteiger partial charge in [0.2, 0.25) is 10.0 Å². The molecule has 0 aliphatic rings. The first-order valence-electron chi connectivity index (χ1n) is 5.35. The summed E-state index contributed by atoms with van der Waals surface area (Å²) in [4.78, 5) is 0. The van der Waals surface area contributed by atoms with E-state index in [0.29, 0.717) is 19.4 Å². The van der Waals surface area contributed by atoms with Crippen LogP contribution >= 0.6 is 0 Å². The minimum atomic E-state index is -3.08. The fourth-order valence-corrected chi connectivity index (χ4v) is 2.47. The Morgan fingerprint density at radius 1 is 1.25 bits per heavy atom. The first kappa shape index (κ1) is 13.0. The molecule has 90 valence electrons. The van der Waals surface area contributed by atoms with Gasteiger partial charge >= 0.3 is 0 Å². The molecule has 0 saturated heterocycles. The molecule has 4 nitrogen and oxygen atoms in total. The molecule has 0 aliphatic heterocycles. The zero-order valence-electron chi connectivity index (χ0n) is 9.44. The van der Waals surface area contributed by atoms with Crippen molar-refractivity contribution in [2.45, 2.75) is 19.8 Å². The van der Waals surface area contributed by atoms with Gasteiger partial charge in [-0.05, 0) is 30.5 Å². The Kier molecular flexibility index (Phi) is 4.76. The van der Waals surface area contributed by atoms with Crippen molar-refractivity contribution in [3.8, 4) is 0 Å². The van der Waals surface area contributed by atoms with Gasteiger partial charge in [0.1, 0.15) is 0 Å². The second kappa shape index (κ2) is 5.86. The summed E-state index contributed by atoms with van der Waals surface area (Å²) in [6.07, 6.45) is 1.32. The molecule has 0 fully saturated rings. The predicted molar refractivity (Wildman–Crippen MR) is 66.6 cm³/mol. The molecule has 0 radical (unpaired) electrons. The van der Waals surface area contributed by atoms with Crippen molar-refractivity contribution in [3.63, 3.8) is 0 Å². The third kappa shape index (κ3) is 4.63. The molecule has 3 N–H and O–H groups in total. The SMILES string of the molecule is CCCS(=O)(=O)NCCc1ccc(N)cc1. The Morgan fingerprint density at radius 3 is 2.44 bits per heavy atom. The van der Waals surface area contributed by atoms with E-state index in [1.165, 1.54) is 0 Å². The maximum Gasteiger partial charge on any atom is 0.211 e. The van der Waals surface area contributed by atoms with E-state index < -0.39 is 10.0 Å². The van der Waals surface area contributed by atoms with Gasteiger partial charge in [0.05, 0.1) is 5.75 Å². The number of benzene rings is 1. The van der Waals surface area contributed by atoms with Crippen molar-refractivity contribution in [3.05, 3.63) is 29.8 Å². The summed E-state index contributed by atoms with van der Waals surface area (Å²) in [6.45, 7) is 2.28. The van der Waals surface area contributed by atoms with Crippen LogP contribution in [0, 0.1) is 0 Å². The van der Waals surface area contributed by atoms with Crippen LogP contribution in [-0.4, -0.2) is 20.7 Å². The lowest BCUT2D eigenvalue weighted by Gasteiger charge is -2.05. The van der Waals surface area contributed by atoms with Gasteiger partial charge in [0.15, 0.2) is 0 Å². The van der Waals surface area contributed by atoms with Crippen LogP contribution in [0.1, 0.15) is 18.9 Å². The standard InChI is InChI=1S/C11H18N2O2S/c1-2-9-16(14,15)13-8-7-10-3-5-11(12)6-4-10/h3-6,13H,2,7-9,12H2,1H3. The van der Waals surface area contributed by atoms with E-state index in [9.17, 15) is 8.42 Å². The van der Waals surface area contributed by atoms with Gasteiger partial charge in [-0.1, -0.05) is 19.1 Å². The molecule has 1 aromatic carbocycles. The van der Waals surface area contributed by atoms with Gasteiger partial charge in [-0.2, -0.15) is 0 Å². The molecular formula is C11H18N2O2S. The zero-order valence-corrected chi connectivity index (χ0v) is 10.3. The Morgan fingerprint density at radius 2 is 1.88 bits per heavy atom. The molecule has 0 amide bonds. The number of hydrogen-bond acceptors (Lipinski definition) is 3. The monoisotopic (exact) mass is 242 g/mol. The lowest BCUT2D eigenvalue weighted by atomic mass is 10.1. The van der Waals surface area contributed by atoms with E-state index in [0.717, 1.165) is 11.3 Å². The highest BCUT2D eigenvalue weighted by Crippen LogP contribution is 2.05. The van der Waals surface area contributed by atoms with E-state index in [4.69, 9.17) is 5.73 Å². The number of nitrogens with two attached hydrogens (primary N) is 1. The van der Waals surface area contributed by atoms with Crippen molar-refractivity contribution in [2.24, 2.45) is 0 Å². The highest BCUT2D eigenvalue weighted by Gasteiger charge is 2.06. The van der Waals surface area contributed by atoms with Crippen LogP contribution in [0.15, 0.2) is 24.3 Å². The first-order chi connectivity index (χ1) is 7.53. The van der Waals surface area contributed by atoms with Gasteiger partial charge in [-0.15, -0.1) is 0 Å². The Balaban J connectivity index is 2.39. The van der Waals surface area contributed by atoms with Gasteiger partial charge in [0, 0.05) is 12.2 Å². The molecule has 0 atom stereocenters. The molecule has 0 spiro atoms. The van der Waals surface area contributed by atoms with Gasteiger partial charge in [0.25, 0.3) is 0 Å². The third-order valence-electron chi connectivity index (χ3n) is 2.19. The smallest absolute Gasteiger partial charge is 0.211 e. The van der Waals surface area contributed by atoms with E-state index in [1.54, 1.807) is 0 Å². The number of nitrogens with one attached hydrogen (secondary N) is 1. The van der Waals surface area contributed by atoms with Crippen molar-refractivity contribution < 1.29 is 8.42 Å². The van der Waals surface area contributed by atoms with Crippen LogP contribution in [0.3, 0.4) is 0 Å². The summed E-state index contributed by atoms with van der Waals surface area (Å²) in [7, 11) is -3.08. The van der Waals surface area contributed by atoms with Crippen LogP contribution in [0.25, 0.3) is 0 Å². The van der Waals surface area contributed by atoms with Crippen LogP contribution < -0.4 is 10.5 Å². The summed E-state index contributed by atoms with van der Waals surface area (Å²) in [5, 5.41) is 0. The average Bonchev–Trinajstić information content (AvgIpc) is 2.20. The van der Waals surface area contributed by atoms with Crippen molar-refractivity contribution >= 4 is 15.7 Å². The lowest BCUT2D eigenvalue weighted by molar-refractivity contribution is 0.580. The summed E-state index contributed by atoms with van der Waals surface area (Å²) in [6, 6.07) is 7.44. The summed E-state index contributed by atoms with van der Waals surface area (Å²) < 4.78 is 25.3. The van der Waals surface area contributed by atoms with Crippen molar-refractivity contribution in [1.29, 1.82) is 0 Å². The van der Waals surface area contributed by atoms with Crippen LogP contribution in [0.4, 0.5) is 5.69 Å². The lowest BCUT2D eigenvalue weighted by Crippen LogP contribution is -2.28. The number of hydrogen-bond donors (Lipinski definition) is 2. The minimum absolute atomic E-state index is 0.189. The molecule has 0 aliphatic carbocycles. The molecule has 0 heterocycles. The summed E-state index contributed by atoms with van der Waals surface area (Å²) >= 11 is 0. The van der Waals surface area contributed by atoms with E-state index in [1.807, 2.05) is 31.2 Å². The molecule has 0 aromatic heterocycles. The molecule has 0 bridgehead atoms. The molecule has 1 aromatic rings. The second-order valence-electron chi connectivity index (χ2n) is 3.70. The molecule has 1 rings (SSSR count). The quantitative estimate of drug-likeness (QED) is 0.735. The van der Waals surface area contributed by atoms with E-state index in [2.05, 4.69) is 4.72 Å². The van der Waals surface area contributed by atoms with Gasteiger partial charge in [-0.3, -0.25) is 0 Å². The molecule has 5 heteroatoms. The predicted octanol–water partition coefficient (Wildman–Crippen LogP) is 1.14. The largest absolute Gasteiger partial charge is 0.399 e. The second-order valence-corrected chi connectivity index (χ2v) is 5.63. The third-order valence-corrected chi connectivity index (χ3v) is 3.78. The number of anilines is 1. The van der Waals surface area contributed by atoms with Gasteiger partial charge < -0.3 is 5.73 Å². The highest BCUT2D eigenvalue weighted by atomic mass is 32.2. The van der Waals surface area contributed by atoms with E-state index in [-0.39, 0.29) is 5.75 Å². The van der Waals surface area contributed by atoms with Crippen molar-refractivity contribution in [2.75, 3.05) is 18.0 Å². The first-order valence-corrected chi connectivity index (χ1v) is 7.00. The van der Waals surface area contributed by atoms with E-state index >= 15 is 0 Å². The summed E-state index contributed by atoms with van der Waals surface area (Å²) in [5.74, 6) is 0.189. The maximum absolute atomic E-state index is 11.3. The van der Waals surface area contributed by atoms with Crippen LogP contribution in [0.2, 0.25) is 0 Å². The molecule has 0 unspecified atom stereocenters. The Hall–Kier alpha value is -1.07. The molecule has 16 heavy (non-hydrogen) atoms. The summed E-state index contributed by atoms with van der Waals surface area (Å²) in [5.41, 5.74) is 7.35. The average molecular weight is 242 g/mol. The Bertz CT molecular complexity index is 412. The number of nitrogen functional groups attached to an aromatic ring is 1. The minimum Gasteiger partial charge on any atom is -0.399 e. The topological polar surface area (TPSA) is 72.2 Å². The van der Waals surface area contributed by atoms with Gasteiger partial charge in [-0.25, -0.2) is 13.1 Å². The normalized spacial score (nSPS) is 11.6. The highest BCUT2D eigenvalue weighted by molar-refractivity contribution is 7.89. The van der Waals surface area contributed by atoms with Crippen LogP contribution in [0.5, 0.6) is 0 Å². The molecular weight excluding hydrogens is 224 g/mol. The van der Waals surface area contributed by atoms with Crippen molar-refractivity contribution in [1.82, 2.24) is 4.72 Å². The Labute approximate surface area is 96.9 Å². The van der Waals surface area contributed by atoms with Crippen LogP contribution in [-0.2, 0) is 16.4 Å². The fraction of sp³-hybridized carbons (Fsp3) is 0.455. The fourth-order valence-electron chi connectivity index (χ4n) is 1.38. The zero-order chi connectivity index (χ0) is 12.0.